The molecule has 0 aliphatic heterocycles. The van der Waals surface area contributed by atoms with Crippen molar-refractivity contribution in [3.8, 4) is 0 Å². The molecule has 0 aromatic heterocycles. The SMILES string of the molecule is CNc1ccc(NO)c(N)c1. The Hall–Kier alpha value is -1.42. The van der Waals surface area contributed by atoms with Gasteiger partial charge in [-0.3, -0.25) is 10.7 Å². The molecule has 0 saturated carbocycles. The van der Waals surface area contributed by atoms with E-state index in [0.29, 0.717) is 11.4 Å². The Morgan fingerprint density at radius 2 is 2.18 bits per heavy atom. The summed E-state index contributed by atoms with van der Waals surface area (Å²) >= 11 is 0. The van der Waals surface area contributed by atoms with Gasteiger partial charge in [-0.2, -0.15) is 0 Å². The van der Waals surface area contributed by atoms with Gasteiger partial charge in [0.15, 0.2) is 0 Å². The van der Waals surface area contributed by atoms with Gasteiger partial charge in [0.25, 0.3) is 0 Å². The average Bonchev–Trinajstić information content (AvgIpc) is 2.04. The van der Waals surface area contributed by atoms with E-state index in [0.717, 1.165) is 5.69 Å². The Balaban J connectivity index is 2.99. The highest BCUT2D eigenvalue weighted by Crippen LogP contribution is 2.21. The standard InChI is InChI=1S/C7H11N3O/c1-9-5-2-3-7(10-11)6(8)4-5/h2-4,9-11H,8H2,1H3. The Morgan fingerprint density at radius 1 is 1.45 bits per heavy atom. The fourth-order valence-corrected chi connectivity index (χ4v) is 0.820. The van der Waals surface area contributed by atoms with Crippen LogP contribution in [0.4, 0.5) is 17.1 Å². The van der Waals surface area contributed by atoms with Crippen molar-refractivity contribution in [3.63, 3.8) is 0 Å². The van der Waals surface area contributed by atoms with Crippen LogP contribution >= 0.6 is 0 Å². The van der Waals surface area contributed by atoms with Gasteiger partial charge in [-0.1, -0.05) is 0 Å². The third-order valence-corrected chi connectivity index (χ3v) is 1.46. The van der Waals surface area contributed by atoms with E-state index in [4.69, 9.17) is 10.9 Å². The van der Waals surface area contributed by atoms with Gasteiger partial charge < -0.3 is 11.1 Å². The maximum Gasteiger partial charge on any atom is 0.0832 e. The van der Waals surface area contributed by atoms with Crippen LogP contribution in [-0.4, -0.2) is 12.3 Å². The van der Waals surface area contributed by atoms with E-state index in [1.165, 1.54) is 0 Å². The van der Waals surface area contributed by atoms with Gasteiger partial charge in [-0.05, 0) is 18.2 Å². The lowest BCUT2D eigenvalue weighted by Crippen LogP contribution is -1.97. The molecule has 0 radical (unpaired) electrons. The first kappa shape index (κ1) is 7.68. The summed E-state index contributed by atoms with van der Waals surface area (Å²) in [7, 11) is 1.81. The molecule has 0 amide bonds. The Morgan fingerprint density at radius 3 is 2.64 bits per heavy atom. The molecule has 4 heteroatoms. The molecule has 0 bridgehead atoms. The molecule has 0 saturated heterocycles. The van der Waals surface area contributed by atoms with Crippen molar-refractivity contribution < 1.29 is 5.21 Å². The predicted molar refractivity (Wildman–Crippen MR) is 45.8 cm³/mol. The molecular weight excluding hydrogens is 142 g/mol. The molecule has 11 heavy (non-hydrogen) atoms. The summed E-state index contributed by atoms with van der Waals surface area (Å²) in [5, 5.41) is 11.5. The monoisotopic (exact) mass is 153 g/mol. The molecule has 0 aliphatic rings. The number of nitrogens with one attached hydrogen (secondary N) is 2. The van der Waals surface area contributed by atoms with Gasteiger partial charge in [-0.15, -0.1) is 0 Å². The zero-order valence-electron chi connectivity index (χ0n) is 6.26. The van der Waals surface area contributed by atoms with E-state index >= 15 is 0 Å². The van der Waals surface area contributed by atoms with Gasteiger partial charge >= 0.3 is 0 Å². The highest BCUT2D eigenvalue weighted by Gasteiger charge is 1.96. The summed E-state index contributed by atoms with van der Waals surface area (Å²) in [6.45, 7) is 0. The smallest absolute Gasteiger partial charge is 0.0832 e. The lowest BCUT2D eigenvalue weighted by atomic mass is 10.2. The van der Waals surface area contributed by atoms with E-state index in [9.17, 15) is 0 Å². The van der Waals surface area contributed by atoms with Crippen LogP contribution < -0.4 is 16.5 Å². The lowest BCUT2D eigenvalue weighted by molar-refractivity contribution is 0.389. The minimum absolute atomic E-state index is 0.513. The van der Waals surface area contributed by atoms with Crippen LogP contribution in [0.5, 0.6) is 0 Å². The fraction of sp³-hybridized carbons (Fsp3) is 0.143. The van der Waals surface area contributed by atoms with E-state index in [-0.39, 0.29) is 0 Å². The lowest BCUT2D eigenvalue weighted by Gasteiger charge is -2.05. The molecular formula is C7H11N3O. The molecule has 0 fully saturated rings. The average molecular weight is 153 g/mol. The summed E-state index contributed by atoms with van der Waals surface area (Å²) in [5.74, 6) is 0. The molecule has 1 aromatic rings. The molecule has 0 spiro atoms. The van der Waals surface area contributed by atoms with Crippen molar-refractivity contribution in [2.24, 2.45) is 0 Å². The maximum atomic E-state index is 8.53. The van der Waals surface area contributed by atoms with E-state index in [1.54, 1.807) is 19.2 Å². The summed E-state index contributed by atoms with van der Waals surface area (Å²) in [6.07, 6.45) is 0. The van der Waals surface area contributed by atoms with Crippen molar-refractivity contribution in [1.82, 2.24) is 0 Å². The zero-order valence-corrected chi connectivity index (χ0v) is 6.26. The predicted octanol–water partition coefficient (Wildman–Crippen LogP) is 1.11. The van der Waals surface area contributed by atoms with Crippen molar-refractivity contribution >= 4 is 17.1 Å². The second kappa shape index (κ2) is 3.12. The molecule has 1 aromatic carbocycles. The number of rotatable bonds is 2. The third kappa shape index (κ3) is 1.53. The van der Waals surface area contributed by atoms with Gasteiger partial charge in [0.05, 0.1) is 11.4 Å². The van der Waals surface area contributed by atoms with Gasteiger partial charge in [0.2, 0.25) is 0 Å². The van der Waals surface area contributed by atoms with Crippen molar-refractivity contribution in [3.05, 3.63) is 18.2 Å². The van der Waals surface area contributed by atoms with Crippen LogP contribution in [-0.2, 0) is 0 Å². The van der Waals surface area contributed by atoms with E-state index < -0.39 is 0 Å². The fourth-order valence-electron chi connectivity index (χ4n) is 0.820. The first-order valence-electron chi connectivity index (χ1n) is 3.25. The quantitative estimate of drug-likeness (QED) is 0.379. The summed E-state index contributed by atoms with van der Waals surface area (Å²) in [4.78, 5) is 0. The first-order chi connectivity index (χ1) is 5.27. The summed E-state index contributed by atoms with van der Waals surface area (Å²) in [5.41, 5.74) is 9.49. The normalized spacial score (nSPS) is 9.27. The zero-order chi connectivity index (χ0) is 8.27. The van der Waals surface area contributed by atoms with Crippen molar-refractivity contribution in [2.45, 2.75) is 0 Å². The second-order valence-electron chi connectivity index (χ2n) is 2.16. The number of benzene rings is 1. The van der Waals surface area contributed by atoms with Crippen LogP contribution in [0.3, 0.4) is 0 Å². The molecule has 0 unspecified atom stereocenters. The number of hydrogen-bond donors (Lipinski definition) is 4. The van der Waals surface area contributed by atoms with Gasteiger partial charge in [-0.25, -0.2) is 0 Å². The first-order valence-corrected chi connectivity index (χ1v) is 3.25. The maximum absolute atomic E-state index is 8.53. The van der Waals surface area contributed by atoms with Crippen LogP contribution in [0.2, 0.25) is 0 Å². The van der Waals surface area contributed by atoms with Crippen LogP contribution in [0.15, 0.2) is 18.2 Å². The Labute approximate surface area is 65.0 Å². The minimum Gasteiger partial charge on any atom is -0.397 e. The van der Waals surface area contributed by atoms with Crippen molar-refractivity contribution in [1.29, 1.82) is 0 Å². The molecule has 0 atom stereocenters. The van der Waals surface area contributed by atoms with Crippen LogP contribution in [0.1, 0.15) is 0 Å². The Kier molecular flexibility index (Phi) is 2.18. The highest BCUT2D eigenvalue weighted by molar-refractivity contribution is 5.70. The number of anilines is 3. The van der Waals surface area contributed by atoms with Crippen LogP contribution in [0.25, 0.3) is 0 Å². The van der Waals surface area contributed by atoms with Gasteiger partial charge in [0, 0.05) is 12.7 Å². The van der Waals surface area contributed by atoms with Gasteiger partial charge in [0.1, 0.15) is 0 Å². The number of nitrogen functional groups attached to an aromatic ring is 1. The largest absolute Gasteiger partial charge is 0.397 e. The molecule has 0 aliphatic carbocycles. The van der Waals surface area contributed by atoms with E-state index in [2.05, 4.69) is 5.32 Å². The molecule has 60 valence electrons. The Bertz CT molecular complexity index is 249. The van der Waals surface area contributed by atoms with Crippen LogP contribution in [0, 0.1) is 0 Å². The van der Waals surface area contributed by atoms with E-state index in [1.807, 2.05) is 11.5 Å². The minimum atomic E-state index is 0.513. The molecule has 1 rings (SSSR count). The molecule has 5 N–H and O–H groups in total. The number of nitrogens with two attached hydrogens (primary N) is 1. The molecule has 4 nitrogen and oxygen atoms in total. The summed E-state index contributed by atoms with van der Waals surface area (Å²) in [6, 6.07) is 5.24. The van der Waals surface area contributed by atoms with Crippen molar-refractivity contribution in [2.75, 3.05) is 23.6 Å². The highest BCUT2D eigenvalue weighted by atomic mass is 16.5. The number of hydrogen-bond acceptors (Lipinski definition) is 4. The summed E-state index contributed by atoms with van der Waals surface area (Å²) < 4.78 is 0. The molecule has 0 heterocycles. The third-order valence-electron chi connectivity index (χ3n) is 1.46. The topological polar surface area (TPSA) is 70.3 Å². The second-order valence-corrected chi connectivity index (χ2v) is 2.16.